The van der Waals surface area contributed by atoms with Gasteiger partial charge in [0.2, 0.25) is 0 Å². The van der Waals surface area contributed by atoms with Gasteiger partial charge in [0.1, 0.15) is 0 Å². The Bertz CT molecular complexity index is 557. The highest BCUT2D eigenvalue weighted by Crippen LogP contribution is 2.25. The molecule has 0 radical (unpaired) electrons. The molecule has 0 amide bonds. The molecule has 0 aliphatic carbocycles. The molecule has 0 bridgehead atoms. The van der Waals surface area contributed by atoms with Crippen LogP contribution < -0.4 is 5.32 Å². The quantitative estimate of drug-likeness (QED) is 0.870. The number of rotatable bonds is 6. The molecule has 0 spiro atoms. The highest BCUT2D eigenvalue weighted by atomic mass is 15.3. The van der Waals surface area contributed by atoms with E-state index in [9.17, 15) is 0 Å². The minimum atomic E-state index is 0.217. The van der Waals surface area contributed by atoms with E-state index in [1.165, 1.54) is 22.4 Å². The second kappa shape index (κ2) is 6.71. The summed E-state index contributed by atoms with van der Waals surface area (Å²) in [6.07, 6.45) is 3.00. The number of nitrogens with zero attached hydrogens (tertiary/aromatic N) is 2. The maximum atomic E-state index is 4.46. The molecule has 1 aromatic carbocycles. The summed E-state index contributed by atoms with van der Waals surface area (Å²) in [5, 5.41) is 8.06. The molecule has 0 fully saturated rings. The summed E-state index contributed by atoms with van der Waals surface area (Å²) in [6, 6.07) is 9.02. The van der Waals surface area contributed by atoms with Crippen LogP contribution in [-0.4, -0.2) is 16.3 Å². The molecule has 1 heterocycles. The van der Waals surface area contributed by atoms with E-state index in [1.54, 1.807) is 0 Å². The predicted octanol–water partition coefficient (Wildman–Crippen LogP) is 3.61. The van der Waals surface area contributed by atoms with E-state index >= 15 is 0 Å². The molecule has 1 unspecified atom stereocenters. The monoisotopic (exact) mass is 271 g/mol. The van der Waals surface area contributed by atoms with Crippen LogP contribution in [0.1, 0.15) is 48.7 Å². The highest BCUT2D eigenvalue weighted by molar-refractivity contribution is 5.37. The van der Waals surface area contributed by atoms with Gasteiger partial charge in [-0.1, -0.05) is 37.6 Å². The van der Waals surface area contributed by atoms with Crippen LogP contribution in [0.4, 0.5) is 0 Å². The van der Waals surface area contributed by atoms with Crippen molar-refractivity contribution in [2.45, 2.75) is 46.7 Å². The van der Waals surface area contributed by atoms with Gasteiger partial charge in [0.25, 0.3) is 0 Å². The molecular weight excluding hydrogens is 246 g/mol. The van der Waals surface area contributed by atoms with Crippen LogP contribution >= 0.6 is 0 Å². The van der Waals surface area contributed by atoms with Gasteiger partial charge in [-0.05, 0) is 44.0 Å². The van der Waals surface area contributed by atoms with Crippen molar-refractivity contribution in [2.75, 3.05) is 6.54 Å². The van der Waals surface area contributed by atoms with Crippen LogP contribution in [0.3, 0.4) is 0 Å². The van der Waals surface area contributed by atoms with E-state index in [1.807, 2.05) is 6.20 Å². The largest absolute Gasteiger partial charge is 0.305 e. The summed E-state index contributed by atoms with van der Waals surface area (Å²) in [7, 11) is 0. The summed E-state index contributed by atoms with van der Waals surface area (Å²) < 4.78 is 2.12. The van der Waals surface area contributed by atoms with E-state index in [0.717, 1.165) is 19.5 Å². The number of hydrogen-bond acceptors (Lipinski definition) is 2. The Hall–Kier alpha value is -1.61. The Balaban J connectivity index is 2.42. The average molecular weight is 271 g/mol. The second-order valence-electron chi connectivity index (χ2n) is 5.33. The Morgan fingerprint density at radius 1 is 1.20 bits per heavy atom. The van der Waals surface area contributed by atoms with E-state index in [4.69, 9.17) is 0 Å². The molecule has 1 N–H and O–H groups in total. The van der Waals surface area contributed by atoms with Gasteiger partial charge in [-0.15, -0.1) is 0 Å². The zero-order valence-electron chi connectivity index (χ0n) is 13.0. The van der Waals surface area contributed by atoms with Gasteiger partial charge in [0.15, 0.2) is 0 Å². The normalized spacial score (nSPS) is 12.6. The third kappa shape index (κ3) is 3.10. The fourth-order valence-corrected chi connectivity index (χ4v) is 2.71. The SMILES string of the molecule is CCCn1nccc1C(NCC)c1ccc(C)cc1C. The van der Waals surface area contributed by atoms with E-state index in [2.05, 4.69) is 67.1 Å². The Morgan fingerprint density at radius 3 is 2.65 bits per heavy atom. The van der Waals surface area contributed by atoms with Crippen molar-refractivity contribution in [3.63, 3.8) is 0 Å². The zero-order chi connectivity index (χ0) is 14.5. The summed E-state index contributed by atoms with van der Waals surface area (Å²) in [6.45, 7) is 10.6. The van der Waals surface area contributed by atoms with Crippen molar-refractivity contribution in [1.29, 1.82) is 0 Å². The minimum Gasteiger partial charge on any atom is -0.305 e. The summed E-state index contributed by atoms with van der Waals surface area (Å²) in [5.41, 5.74) is 5.24. The number of benzene rings is 1. The van der Waals surface area contributed by atoms with Crippen LogP contribution in [0.5, 0.6) is 0 Å². The maximum Gasteiger partial charge on any atom is 0.0750 e. The van der Waals surface area contributed by atoms with Gasteiger partial charge in [0, 0.05) is 12.7 Å². The molecule has 2 rings (SSSR count). The molecule has 2 aromatic rings. The maximum absolute atomic E-state index is 4.46. The molecule has 1 atom stereocenters. The second-order valence-corrected chi connectivity index (χ2v) is 5.33. The fraction of sp³-hybridized carbons (Fsp3) is 0.471. The predicted molar refractivity (Wildman–Crippen MR) is 84.0 cm³/mol. The summed E-state index contributed by atoms with van der Waals surface area (Å²) in [4.78, 5) is 0. The first kappa shape index (κ1) is 14.8. The number of aromatic nitrogens is 2. The van der Waals surface area contributed by atoms with Crippen LogP contribution in [-0.2, 0) is 6.54 Å². The van der Waals surface area contributed by atoms with Crippen molar-refractivity contribution >= 4 is 0 Å². The Labute approximate surface area is 122 Å². The molecule has 3 nitrogen and oxygen atoms in total. The highest BCUT2D eigenvalue weighted by Gasteiger charge is 2.18. The fourth-order valence-electron chi connectivity index (χ4n) is 2.71. The third-order valence-corrected chi connectivity index (χ3v) is 3.63. The van der Waals surface area contributed by atoms with Crippen molar-refractivity contribution < 1.29 is 0 Å². The minimum absolute atomic E-state index is 0.217. The van der Waals surface area contributed by atoms with Crippen LogP contribution in [0.2, 0.25) is 0 Å². The van der Waals surface area contributed by atoms with Gasteiger partial charge in [0.05, 0.1) is 11.7 Å². The van der Waals surface area contributed by atoms with Gasteiger partial charge < -0.3 is 5.32 Å². The topological polar surface area (TPSA) is 29.9 Å². The summed E-state index contributed by atoms with van der Waals surface area (Å²) in [5.74, 6) is 0. The molecule has 0 aliphatic heterocycles. The van der Waals surface area contributed by atoms with Crippen LogP contribution in [0, 0.1) is 13.8 Å². The first-order valence-electron chi connectivity index (χ1n) is 7.49. The van der Waals surface area contributed by atoms with Crippen molar-refractivity contribution in [1.82, 2.24) is 15.1 Å². The Morgan fingerprint density at radius 2 is 2.00 bits per heavy atom. The molecular formula is C17H25N3. The van der Waals surface area contributed by atoms with Gasteiger partial charge in [-0.25, -0.2) is 0 Å². The zero-order valence-corrected chi connectivity index (χ0v) is 13.0. The molecule has 0 saturated carbocycles. The van der Waals surface area contributed by atoms with Crippen molar-refractivity contribution in [3.8, 4) is 0 Å². The van der Waals surface area contributed by atoms with Gasteiger partial charge >= 0.3 is 0 Å². The smallest absolute Gasteiger partial charge is 0.0750 e. The van der Waals surface area contributed by atoms with Gasteiger partial charge in [-0.3, -0.25) is 4.68 Å². The number of hydrogen-bond donors (Lipinski definition) is 1. The first-order chi connectivity index (χ1) is 9.67. The lowest BCUT2D eigenvalue weighted by molar-refractivity contribution is 0.519. The molecule has 0 aliphatic rings. The lowest BCUT2D eigenvalue weighted by Gasteiger charge is -2.22. The Kier molecular flexibility index (Phi) is 4.96. The first-order valence-corrected chi connectivity index (χ1v) is 7.49. The molecule has 0 saturated heterocycles. The van der Waals surface area contributed by atoms with Crippen molar-refractivity contribution in [3.05, 3.63) is 52.8 Å². The molecule has 108 valence electrons. The van der Waals surface area contributed by atoms with Crippen LogP contribution in [0.15, 0.2) is 30.5 Å². The summed E-state index contributed by atoms with van der Waals surface area (Å²) >= 11 is 0. The number of aryl methyl sites for hydroxylation is 3. The molecule has 20 heavy (non-hydrogen) atoms. The van der Waals surface area contributed by atoms with Crippen LogP contribution in [0.25, 0.3) is 0 Å². The number of nitrogens with one attached hydrogen (secondary N) is 1. The van der Waals surface area contributed by atoms with E-state index in [-0.39, 0.29) is 6.04 Å². The van der Waals surface area contributed by atoms with Crippen molar-refractivity contribution in [2.24, 2.45) is 0 Å². The van der Waals surface area contributed by atoms with Gasteiger partial charge in [-0.2, -0.15) is 5.10 Å². The standard InChI is InChI=1S/C17H25N3/c1-5-11-20-16(9-10-19-20)17(18-6-2)15-8-7-13(3)12-14(15)4/h7-10,12,17-18H,5-6,11H2,1-4H3. The average Bonchev–Trinajstić information content (AvgIpc) is 2.85. The van der Waals surface area contributed by atoms with E-state index in [0.29, 0.717) is 0 Å². The molecule has 1 aromatic heterocycles. The van der Waals surface area contributed by atoms with E-state index < -0.39 is 0 Å². The third-order valence-electron chi connectivity index (χ3n) is 3.63. The lowest BCUT2D eigenvalue weighted by Crippen LogP contribution is -2.25. The molecule has 3 heteroatoms. The lowest BCUT2D eigenvalue weighted by atomic mass is 9.97.